The van der Waals surface area contributed by atoms with E-state index in [9.17, 15) is 0 Å². The normalized spacial score (nSPS) is 12.7. The molecule has 0 amide bonds. The van der Waals surface area contributed by atoms with E-state index in [0.717, 1.165) is 31.9 Å². The lowest BCUT2D eigenvalue weighted by Gasteiger charge is -2.26. The van der Waals surface area contributed by atoms with Gasteiger partial charge in [-0.15, -0.1) is 0 Å². The summed E-state index contributed by atoms with van der Waals surface area (Å²) in [4.78, 5) is 6.93. The number of hydrogen-bond acceptors (Lipinski definition) is 3. The van der Waals surface area contributed by atoms with Crippen molar-refractivity contribution in [3.63, 3.8) is 0 Å². The van der Waals surface area contributed by atoms with Crippen LogP contribution in [0.5, 0.6) is 0 Å². The fourth-order valence-electron chi connectivity index (χ4n) is 1.95. The Kier molecular flexibility index (Phi) is 6.73. The van der Waals surface area contributed by atoms with Gasteiger partial charge >= 0.3 is 0 Å². The molecule has 1 unspecified atom stereocenters. The highest BCUT2D eigenvalue weighted by Gasteiger charge is 2.10. The van der Waals surface area contributed by atoms with Crippen molar-refractivity contribution in [1.82, 2.24) is 9.88 Å². The summed E-state index contributed by atoms with van der Waals surface area (Å²) >= 11 is 0. The predicted octanol–water partition coefficient (Wildman–Crippen LogP) is 3.52. The Morgan fingerprint density at radius 2 is 2.06 bits per heavy atom. The number of hydrogen-bond donors (Lipinski definition) is 1. The predicted molar refractivity (Wildman–Crippen MR) is 78.9 cm³/mol. The maximum atomic E-state index is 4.45. The van der Waals surface area contributed by atoms with E-state index in [1.807, 2.05) is 6.20 Å². The first-order valence-electron chi connectivity index (χ1n) is 7.14. The Morgan fingerprint density at radius 3 is 2.56 bits per heavy atom. The first kappa shape index (κ1) is 15.0. The van der Waals surface area contributed by atoms with Gasteiger partial charge in [0.15, 0.2) is 0 Å². The zero-order chi connectivity index (χ0) is 13.4. The van der Waals surface area contributed by atoms with E-state index in [4.69, 9.17) is 0 Å². The molecule has 0 aliphatic heterocycles. The Hall–Kier alpha value is -1.09. The average Bonchev–Trinajstić information content (AvgIpc) is 2.43. The molecule has 0 saturated carbocycles. The SMILES string of the molecule is CCCNc1ccc(CN(CC)C(C)CC)cn1. The summed E-state index contributed by atoms with van der Waals surface area (Å²) in [5, 5.41) is 3.30. The van der Waals surface area contributed by atoms with Gasteiger partial charge in [0.05, 0.1) is 0 Å². The molecule has 3 nitrogen and oxygen atoms in total. The second kappa shape index (κ2) is 8.09. The third-order valence-corrected chi connectivity index (χ3v) is 3.39. The molecule has 0 spiro atoms. The summed E-state index contributed by atoms with van der Waals surface area (Å²) < 4.78 is 0. The van der Waals surface area contributed by atoms with Crippen LogP contribution < -0.4 is 5.32 Å². The van der Waals surface area contributed by atoms with E-state index in [2.05, 4.69) is 55.0 Å². The van der Waals surface area contributed by atoms with Crippen LogP contribution in [0, 0.1) is 0 Å². The van der Waals surface area contributed by atoms with E-state index >= 15 is 0 Å². The van der Waals surface area contributed by atoms with Gasteiger partial charge in [0.1, 0.15) is 5.82 Å². The summed E-state index contributed by atoms with van der Waals surface area (Å²) in [6, 6.07) is 4.89. The molecule has 0 fully saturated rings. The Bertz CT molecular complexity index is 321. The first-order valence-corrected chi connectivity index (χ1v) is 7.14. The summed E-state index contributed by atoms with van der Waals surface area (Å²) in [6.45, 7) is 12.0. The lowest BCUT2D eigenvalue weighted by molar-refractivity contribution is 0.206. The van der Waals surface area contributed by atoms with Crippen molar-refractivity contribution in [3.05, 3.63) is 23.9 Å². The van der Waals surface area contributed by atoms with Gasteiger partial charge in [0, 0.05) is 25.3 Å². The number of rotatable bonds is 8. The molecule has 102 valence electrons. The van der Waals surface area contributed by atoms with Crippen LogP contribution in [-0.2, 0) is 6.54 Å². The van der Waals surface area contributed by atoms with Crippen LogP contribution in [-0.4, -0.2) is 29.0 Å². The third kappa shape index (κ3) is 4.65. The minimum absolute atomic E-state index is 0.632. The molecule has 0 radical (unpaired) electrons. The van der Waals surface area contributed by atoms with Crippen molar-refractivity contribution < 1.29 is 0 Å². The van der Waals surface area contributed by atoms with Gasteiger partial charge in [-0.3, -0.25) is 4.90 Å². The van der Waals surface area contributed by atoms with Crippen molar-refractivity contribution in [3.8, 4) is 0 Å². The van der Waals surface area contributed by atoms with Crippen LogP contribution in [0.4, 0.5) is 5.82 Å². The molecule has 3 heteroatoms. The lowest BCUT2D eigenvalue weighted by Crippen LogP contribution is -2.31. The lowest BCUT2D eigenvalue weighted by atomic mass is 10.2. The highest BCUT2D eigenvalue weighted by molar-refractivity contribution is 5.35. The van der Waals surface area contributed by atoms with Crippen molar-refractivity contribution in [2.24, 2.45) is 0 Å². The molecular weight excluding hydrogens is 222 g/mol. The zero-order valence-electron chi connectivity index (χ0n) is 12.2. The van der Waals surface area contributed by atoms with Crippen molar-refractivity contribution in [1.29, 1.82) is 0 Å². The maximum absolute atomic E-state index is 4.45. The van der Waals surface area contributed by atoms with Gasteiger partial charge in [0.2, 0.25) is 0 Å². The largest absolute Gasteiger partial charge is 0.370 e. The Balaban J connectivity index is 2.56. The quantitative estimate of drug-likeness (QED) is 0.764. The molecule has 0 aliphatic rings. The molecule has 0 aliphatic carbocycles. The summed E-state index contributed by atoms with van der Waals surface area (Å²) in [5.41, 5.74) is 1.29. The van der Waals surface area contributed by atoms with Gasteiger partial charge in [0.25, 0.3) is 0 Å². The van der Waals surface area contributed by atoms with E-state index < -0.39 is 0 Å². The van der Waals surface area contributed by atoms with Crippen LogP contribution in [0.25, 0.3) is 0 Å². The molecule has 0 aromatic carbocycles. The van der Waals surface area contributed by atoms with Gasteiger partial charge in [-0.25, -0.2) is 4.98 Å². The second-order valence-corrected chi connectivity index (χ2v) is 4.80. The second-order valence-electron chi connectivity index (χ2n) is 4.80. The molecule has 1 aromatic heterocycles. The average molecular weight is 249 g/mol. The Labute approximate surface area is 112 Å². The van der Waals surface area contributed by atoms with Crippen molar-refractivity contribution >= 4 is 5.82 Å². The molecule has 1 heterocycles. The fourth-order valence-corrected chi connectivity index (χ4v) is 1.95. The van der Waals surface area contributed by atoms with E-state index in [0.29, 0.717) is 6.04 Å². The number of aromatic nitrogens is 1. The highest BCUT2D eigenvalue weighted by atomic mass is 15.1. The Morgan fingerprint density at radius 1 is 1.28 bits per heavy atom. The summed E-state index contributed by atoms with van der Waals surface area (Å²) in [6.07, 6.45) is 4.31. The van der Waals surface area contributed by atoms with Crippen LogP contribution in [0.1, 0.15) is 46.1 Å². The molecule has 0 saturated heterocycles. The van der Waals surface area contributed by atoms with Gasteiger partial charge < -0.3 is 5.32 Å². The van der Waals surface area contributed by atoms with Gasteiger partial charge in [-0.2, -0.15) is 0 Å². The minimum Gasteiger partial charge on any atom is -0.370 e. The van der Waals surface area contributed by atoms with Crippen molar-refractivity contribution in [2.75, 3.05) is 18.4 Å². The van der Waals surface area contributed by atoms with Crippen LogP contribution >= 0.6 is 0 Å². The number of pyridine rings is 1. The number of nitrogens with one attached hydrogen (secondary N) is 1. The van der Waals surface area contributed by atoms with E-state index in [-0.39, 0.29) is 0 Å². The molecule has 18 heavy (non-hydrogen) atoms. The van der Waals surface area contributed by atoms with E-state index in [1.165, 1.54) is 12.0 Å². The molecule has 1 rings (SSSR count). The fraction of sp³-hybridized carbons (Fsp3) is 0.667. The van der Waals surface area contributed by atoms with Gasteiger partial charge in [-0.1, -0.05) is 26.8 Å². The highest BCUT2D eigenvalue weighted by Crippen LogP contribution is 2.11. The van der Waals surface area contributed by atoms with Crippen LogP contribution in [0.2, 0.25) is 0 Å². The third-order valence-electron chi connectivity index (χ3n) is 3.39. The standard InChI is InChI=1S/C15H27N3/c1-5-10-16-15-9-8-14(11-17-15)12-18(7-3)13(4)6-2/h8-9,11,13H,5-7,10,12H2,1-4H3,(H,16,17). The minimum atomic E-state index is 0.632. The maximum Gasteiger partial charge on any atom is 0.125 e. The molecule has 1 N–H and O–H groups in total. The zero-order valence-corrected chi connectivity index (χ0v) is 12.2. The van der Waals surface area contributed by atoms with Crippen LogP contribution in [0.3, 0.4) is 0 Å². The first-order chi connectivity index (χ1) is 8.71. The van der Waals surface area contributed by atoms with Gasteiger partial charge in [-0.05, 0) is 37.9 Å². The molecule has 0 bridgehead atoms. The monoisotopic (exact) mass is 249 g/mol. The molecule has 1 atom stereocenters. The summed E-state index contributed by atoms with van der Waals surface area (Å²) in [5.74, 6) is 0.979. The number of anilines is 1. The topological polar surface area (TPSA) is 28.2 Å². The van der Waals surface area contributed by atoms with Crippen molar-refractivity contribution in [2.45, 2.75) is 53.1 Å². The smallest absolute Gasteiger partial charge is 0.125 e. The molecular formula is C15H27N3. The van der Waals surface area contributed by atoms with E-state index in [1.54, 1.807) is 0 Å². The van der Waals surface area contributed by atoms with Crippen LogP contribution in [0.15, 0.2) is 18.3 Å². The molecule has 1 aromatic rings. The summed E-state index contributed by atoms with van der Waals surface area (Å²) in [7, 11) is 0. The number of nitrogens with zero attached hydrogens (tertiary/aromatic N) is 2.